The lowest BCUT2D eigenvalue weighted by Gasteiger charge is -2.33. The summed E-state index contributed by atoms with van der Waals surface area (Å²) < 4.78 is 7.63. The van der Waals surface area contributed by atoms with Crippen molar-refractivity contribution in [3.8, 4) is 11.3 Å². The van der Waals surface area contributed by atoms with Crippen LogP contribution in [0.3, 0.4) is 0 Å². The summed E-state index contributed by atoms with van der Waals surface area (Å²) in [5.74, 6) is 1.22. The zero-order valence-corrected chi connectivity index (χ0v) is 18.3. The van der Waals surface area contributed by atoms with Gasteiger partial charge in [0.1, 0.15) is 5.58 Å². The Morgan fingerprint density at radius 2 is 1.97 bits per heavy atom. The van der Waals surface area contributed by atoms with Gasteiger partial charge in [-0.15, -0.1) is 0 Å². The third-order valence-electron chi connectivity index (χ3n) is 6.19. The number of fused-ring (bicyclic) bond motifs is 2. The van der Waals surface area contributed by atoms with Gasteiger partial charge in [-0.1, -0.05) is 26.0 Å². The van der Waals surface area contributed by atoms with Crippen molar-refractivity contribution in [1.82, 2.24) is 19.3 Å². The molecule has 0 N–H and O–H groups in total. The Hall–Kier alpha value is -2.99. The minimum absolute atomic E-state index is 0.357. The normalized spacial score (nSPS) is 16.0. The number of aromatic nitrogens is 3. The van der Waals surface area contributed by atoms with Gasteiger partial charge < -0.3 is 13.7 Å². The van der Waals surface area contributed by atoms with Gasteiger partial charge >= 0.3 is 5.63 Å². The van der Waals surface area contributed by atoms with Gasteiger partial charge in [-0.2, -0.15) is 0 Å². The highest BCUT2D eigenvalue weighted by atomic mass is 16.4. The van der Waals surface area contributed by atoms with E-state index in [9.17, 15) is 4.79 Å². The standard InChI is InChI=1S/C25H28N4O2/c1-16(2)13-28-8-6-18(7-9-28)19-4-5-20-10-21(25(30)31-23(20)11-19)22-15-29-14-17(3)26-12-24(29)27-22/h4-5,10-12,14-16,18H,6-9,13H2,1-3H3. The predicted molar refractivity (Wildman–Crippen MR) is 122 cm³/mol. The second-order valence-corrected chi connectivity index (χ2v) is 9.13. The molecule has 3 aromatic heterocycles. The molecule has 1 aliphatic rings. The molecule has 6 nitrogen and oxygen atoms in total. The van der Waals surface area contributed by atoms with Crippen LogP contribution < -0.4 is 5.63 Å². The fourth-order valence-electron chi connectivity index (χ4n) is 4.66. The Bertz CT molecular complexity index is 1300. The molecule has 1 fully saturated rings. The summed E-state index contributed by atoms with van der Waals surface area (Å²) >= 11 is 0. The third-order valence-corrected chi connectivity index (χ3v) is 6.19. The molecule has 0 radical (unpaired) electrons. The minimum Gasteiger partial charge on any atom is -0.422 e. The number of hydrogen-bond donors (Lipinski definition) is 0. The SMILES string of the molecule is Cc1cn2cc(-c3cc4ccc(C5CCN(CC(C)C)CC5)cc4oc3=O)nc2cn1. The molecule has 0 unspecified atom stereocenters. The Morgan fingerprint density at radius 1 is 1.16 bits per heavy atom. The first kappa shape index (κ1) is 19.9. The van der Waals surface area contributed by atoms with E-state index in [1.807, 2.05) is 29.8 Å². The highest BCUT2D eigenvalue weighted by molar-refractivity contribution is 5.82. The number of likely N-dealkylation sites (tertiary alicyclic amines) is 1. The molecule has 1 aromatic carbocycles. The second kappa shape index (κ2) is 7.93. The van der Waals surface area contributed by atoms with Crippen molar-refractivity contribution >= 4 is 16.6 Å². The van der Waals surface area contributed by atoms with Gasteiger partial charge in [0.25, 0.3) is 0 Å². The largest absolute Gasteiger partial charge is 0.422 e. The second-order valence-electron chi connectivity index (χ2n) is 9.13. The first-order valence-corrected chi connectivity index (χ1v) is 11.1. The molecule has 160 valence electrons. The molecule has 0 spiro atoms. The Labute approximate surface area is 181 Å². The molecule has 6 heteroatoms. The average molecular weight is 417 g/mol. The summed E-state index contributed by atoms with van der Waals surface area (Å²) in [4.78, 5) is 24.1. The molecule has 1 aliphatic heterocycles. The zero-order chi connectivity index (χ0) is 21.5. The van der Waals surface area contributed by atoms with Crippen LogP contribution in [0.5, 0.6) is 0 Å². The first-order chi connectivity index (χ1) is 15.0. The van der Waals surface area contributed by atoms with Gasteiger partial charge in [-0.25, -0.2) is 9.78 Å². The van der Waals surface area contributed by atoms with Crippen LogP contribution in [0, 0.1) is 12.8 Å². The van der Waals surface area contributed by atoms with Crippen molar-refractivity contribution in [3.05, 3.63) is 64.5 Å². The quantitative estimate of drug-likeness (QED) is 0.453. The molecule has 0 bridgehead atoms. The summed E-state index contributed by atoms with van der Waals surface area (Å²) in [6, 6.07) is 8.20. The lowest BCUT2D eigenvalue weighted by atomic mass is 9.88. The lowest BCUT2D eigenvalue weighted by Crippen LogP contribution is -2.35. The van der Waals surface area contributed by atoms with Crippen molar-refractivity contribution in [2.24, 2.45) is 5.92 Å². The van der Waals surface area contributed by atoms with E-state index in [1.54, 1.807) is 6.20 Å². The van der Waals surface area contributed by atoms with E-state index in [-0.39, 0.29) is 5.63 Å². The zero-order valence-electron chi connectivity index (χ0n) is 18.3. The Kier molecular flexibility index (Phi) is 5.10. The average Bonchev–Trinajstić information content (AvgIpc) is 3.16. The van der Waals surface area contributed by atoms with Gasteiger partial charge in [0, 0.05) is 24.3 Å². The molecule has 4 heterocycles. The first-order valence-electron chi connectivity index (χ1n) is 11.1. The topological polar surface area (TPSA) is 63.6 Å². The predicted octanol–water partition coefficient (Wildman–Crippen LogP) is 4.65. The van der Waals surface area contributed by atoms with Gasteiger partial charge in [0.05, 0.1) is 23.1 Å². The van der Waals surface area contributed by atoms with E-state index in [2.05, 4.69) is 46.9 Å². The van der Waals surface area contributed by atoms with Crippen LogP contribution in [0.1, 0.15) is 43.9 Å². The van der Waals surface area contributed by atoms with Crippen molar-refractivity contribution in [3.63, 3.8) is 0 Å². The number of imidazole rings is 1. The van der Waals surface area contributed by atoms with Crippen molar-refractivity contribution < 1.29 is 4.42 Å². The van der Waals surface area contributed by atoms with Gasteiger partial charge in [0.2, 0.25) is 0 Å². The smallest absolute Gasteiger partial charge is 0.345 e. The lowest BCUT2D eigenvalue weighted by molar-refractivity contribution is 0.192. The van der Waals surface area contributed by atoms with Crippen LogP contribution >= 0.6 is 0 Å². The van der Waals surface area contributed by atoms with Crippen LogP contribution in [0.4, 0.5) is 0 Å². The van der Waals surface area contributed by atoms with Gasteiger partial charge in [-0.3, -0.25) is 4.98 Å². The number of benzene rings is 1. The Morgan fingerprint density at radius 3 is 2.74 bits per heavy atom. The van der Waals surface area contributed by atoms with E-state index < -0.39 is 0 Å². The molecule has 31 heavy (non-hydrogen) atoms. The maximum atomic E-state index is 12.8. The van der Waals surface area contributed by atoms with Gasteiger partial charge in [-0.05, 0) is 62.4 Å². The molecular weight excluding hydrogens is 388 g/mol. The number of rotatable bonds is 4. The van der Waals surface area contributed by atoms with Crippen LogP contribution in [-0.2, 0) is 0 Å². The summed E-state index contributed by atoms with van der Waals surface area (Å²) in [5, 5.41) is 0.918. The maximum absolute atomic E-state index is 12.8. The van der Waals surface area contributed by atoms with E-state index in [1.165, 1.54) is 12.1 Å². The number of nitrogens with zero attached hydrogens (tertiary/aromatic N) is 4. The number of piperidine rings is 1. The maximum Gasteiger partial charge on any atom is 0.345 e. The van der Waals surface area contributed by atoms with E-state index in [0.717, 1.165) is 37.0 Å². The van der Waals surface area contributed by atoms with Crippen LogP contribution in [0.2, 0.25) is 0 Å². The molecule has 4 aromatic rings. The Balaban J connectivity index is 1.43. The summed E-state index contributed by atoms with van der Waals surface area (Å²) in [6.45, 7) is 9.90. The molecule has 5 rings (SSSR count). The van der Waals surface area contributed by atoms with Crippen molar-refractivity contribution in [2.75, 3.05) is 19.6 Å². The van der Waals surface area contributed by atoms with Crippen LogP contribution in [-0.4, -0.2) is 38.9 Å². The van der Waals surface area contributed by atoms with Gasteiger partial charge in [0.15, 0.2) is 5.65 Å². The minimum atomic E-state index is -0.357. The fraction of sp³-hybridized carbons (Fsp3) is 0.400. The highest BCUT2D eigenvalue weighted by Crippen LogP contribution is 2.31. The van der Waals surface area contributed by atoms with E-state index in [4.69, 9.17) is 4.42 Å². The molecule has 1 saturated heterocycles. The monoisotopic (exact) mass is 416 g/mol. The van der Waals surface area contributed by atoms with Crippen molar-refractivity contribution in [2.45, 2.75) is 39.5 Å². The van der Waals surface area contributed by atoms with E-state index >= 15 is 0 Å². The highest BCUT2D eigenvalue weighted by Gasteiger charge is 2.22. The number of hydrogen-bond acceptors (Lipinski definition) is 5. The molecule has 0 saturated carbocycles. The number of aryl methyl sites for hydroxylation is 1. The molecular formula is C25H28N4O2. The summed E-state index contributed by atoms with van der Waals surface area (Å²) in [6.07, 6.45) is 7.75. The fourth-order valence-corrected chi connectivity index (χ4v) is 4.66. The molecule has 0 atom stereocenters. The van der Waals surface area contributed by atoms with Crippen molar-refractivity contribution in [1.29, 1.82) is 0 Å². The molecule has 0 aliphatic carbocycles. The summed E-state index contributed by atoms with van der Waals surface area (Å²) in [5.41, 5.74) is 4.24. The third kappa shape index (κ3) is 4.00. The van der Waals surface area contributed by atoms with Crippen LogP contribution in [0.25, 0.3) is 27.9 Å². The molecule has 0 amide bonds. The van der Waals surface area contributed by atoms with E-state index in [0.29, 0.717) is 34.3 Å². The van der Waals surface area contributed by atoms with Crippen LogP contribution in [0.15, 0.2) is 52.1 Å². The summed E-state index contributed by atoms with van der Waals surface area (Å²) in [7, 11) is 0.